The van der Waals surface area contributed by atoms with Crippen molar-refractivity contribution in [2.75, 3.05) is 12.4 Å². The molecule has 5 heteroatoms. The third kappa shape index (κ3) is 3.69. The van der Waals surface area contributed by atoms with E-state index in [4.69, 9.17) is 4.74 Å². The average molecular weight is 332 g/mol. The highest BCUT2D eigenvalue weighted by Crippen LogP contribution is 2.21. The summed E-state index contributed by atoms with van der Waals surface area (Å²) in [5, 5.41) is 3.54. The molecule has 1 aromatic rings. The van der Waals surface area contributed by atoms with Gasteiger partial charge in [-0.2, -0.15) is 0 Å². The molecule has 0 fully saturated rings. The lowest BCUT2D eigenvalue weighted by molar-refractivity contribution is 0.0899. The fourth-order valence-electron chi connectivity index (χ4n) is 1.76. The van der Waals surface area contributed by atoms with Crippen LogP contribution in [0.5, 0.6) is 5.75 Å². The summed E-state index contributed by atoms with van der Waals surface area (Å²) in [7, 11) is 1.46. The van der Waals surface area contributed by atoms with Gasteiger partial charge in [0.2, 0.25) is 0 Å². The van der Waals surface area contributed by atoms with Crippen molar-refractivity contribution in [3.05, 3.63) is 29.6 Å². The maximum atomic E-state index is 13.8. The van der Waals surface area contributed by atoms with Crippen LogP contribution >= 0.6 is 15.9 Å². The van der Waals surface area contributed by atoms with Crippen molar-refractivity contribution in [1.82, 2.24) is 5.32 Å². The molecular formula is C14H19BrFNO2. The van der Waals surface area contributed by atoms with Crippen LogP contribution in [0.1, 0.15) is 37.0 Å². The average Bonchev–Trinajstić information content (AvgIpc) is 2.44. The van der Waals surface area contributed by atoms with Crippen LogP contribution in [0, 0.1) is 5.82 Å². The van der Waals surface area contributed by atoms with Crippen LogP contribution in [-0.4, -0.2) is 23.9 Å². The van der Waals surface area contributed by atoms with Crippen molar-refractivity contribution < 1.29 is 13.9 Å². The van der Waals surface area contributed by atoms with Crippen molar-refractivity contribution >= 4 is 21.8 Å². The number of methoxy groups -OCH3 is 1. The lowest BCUT2D eigenvalue weighted by Crippen LogP contribution is -2.49. The number of amides is 1. The van der Waals surface area contributed by atoms with Gasteiger partial charge in [-0.1, -0.05) is 29.8 Å². The molecule has 0 saturated carbocycles. The summed E-state index contributed by atoms with van der Waals surface area (Å²) in [5.74, 6) is -0.581. The van der Waals surface area contributed by atoms with E-state index in [1.54, 1.807) is 6.07 Å². The molecule has 106 valence electrons. The molecule has 1 amide bonds. The van der Waals surface area contributed by atoms with Gasteiger partial charge in [0.25, 0.3) is 5.91 Å². The number of alkyl halides is 1. The van der Waals surface area contributed by atoms with Gasteiger partial charge in [-0.3, -0.25) is 4.79 Å². The van der Waals surface area contributed by atoms with Gasteiger partial charge in [0.05, 0.1) is 12.7 Å². The second-order valence-corrected chi connectivity index (χ2v) is 4.98. The highest BCUT2D eigenvalue weighted by Gasteiger charge is 2.28. The van der Waals surface area contributed by atoms with Gasteiger partial charge in [-0.05, 0) is 25.0 Å². The topological polar surface area (TPSA) is 38.3 Å². The number of benzene rings is 1. The minimum Gasteiger partial charge on any atom is -0.497 e. The molecule has 0 aliphatic rings. The van der Waals surface area contributed by atoms with E-state index in [0.29, 0.717) is 11.1 Å². The minimum absolute atomic E-state index is 0.0352. The number of rotatable bonds is 6. The smallest absolute Gasteiger partial charge is 0.254 e. The zero-order chi connectivity index (χ0) is 14.5. The summed E-state index contributed by atoms with van der Waals surface area (Å²) < 4.78 is 18.7. The van der Waals surface area contributed by atoms with Crippen LogP contribution in [0.2, 0.25) is 0 Å². The molecule has 0 heterocycles. The van der Waals surface area contributed by atoms with Crippen molar-refractivity contribution in [1.29, 1.82) is 0 Å². The summed E-state index contributed by atoms with van der Waals surface area (Å²) >= 11 is 3.41. The van der Waals surface area contributed by atoms with Crippen LogP contribution in [0.25, 0.3) is 0 Å². The molecule has 0 spiro atoms. The third-order valence-electron chi connectivity index (χ3n) is 3.41. The van der Waals surface area contributed by atoms with Gasteiger partial charge >= 0.3 is 0 Å². The Morgan fingerprint density at radius 1 is 1.42 bits per heavy atom. The molecule has 1 N–H and O–H groups in total. The number of halogens is 2. The second kappa shape index (κ2) is 6.89. The number of nitrogens with one attached hydrogen (secondary N) is 1. The third-order valence-corrected chi connectivity index (χ3v) is 4.48. The first-order chi connectivity index (χ1) is 9.01. The number of hydrogen-bond donors (Lipinski definition) is 1. The fraction of sp³-hybridized carbons (Fsp3) is 0.500. The van der Waals surface area contributed by atoms with E-state index in [0.717, 1.165) is 12.8 Å². The maximum absolute atomic E-state index is 13.8. The van der Waals surface area contributed by atoms with Gasteiger partial charge in [-0.25, -0.2) is 4.39 Å². The van der Waals surface area contributed by atoms with Crippen LogP contribution < -0.4 is 10.1 Å². The molecule has 0 radical (unpaired) electrons. The molecule has 3 nitrogen and oxygen atoms in total. The number of ether oxygens (including phenoxy) is 1. The molecule has 0 atom stereocenters. The molecular weight excluding hydrogens is 313 g/mol. The monoisotopic (exact) mass is 331 g/mol. The molecule has 1 aromatic carbocycles. The maximum Gasteiger partial charge on any atom is 0.254 e. The standard InChI is InChI=1S/C14H19BrFNO2/c1-4-14(5-2,9-15)17-13(18)11-7-6-10(19-3)8-12(11)16/h6-8H,4-5,9H2,1-3H3,(H,17,18). The lowest BCUT2D eigenvalue weighted by atomic mass is 9.95. The zero-order valence-corrected chi connectivity index (χ0v) is 13.0. The Hall–Kier alpha value is -1.10. The van der Waals surface area contributed by atoms with Crippen molar-refractivity contribution in [2.45, 2.75) is 32.2 Å². The van der Waals surface area contributed by atoms with E-state index in [1.807, 2.05) is 13.8 Å². The molecule has 0 aliphatic heterocycles. The Bertz CT molecular complexity index is 439. The molecule has 0 saturated heterocycles. The van der Waals surface area contributed by atoms with Gasteiger partial charge in [0.15, 0.2) is 0 Å². The van der Waals surface area contributed by atoms with E-state index >= 15 is 0 Å². The predicted molar refractivity (Wildman–Crippen MR) is 77.5 cm³/mol. The van der Waals surface area contributed by atoms with Gasteiger partial charge < -0.3 is 10.1 Å². The summed E-state index contributed by atoms with van der Waals surface area (Å²) in [6.45, 7) is 3.99. The summed E-state index contributed by atoms with van der Waals surface area (Å²) in [6.07, 6.45) is 1.55. The van der Waals surface area contributed by atoms with Crippen LogP contribution in [0.15, 0.2) is 18.2 Å². The van der Waals surface area contributed by atoms with E-state index < -0.39 is 11.7 Å². The Balaban J connectivity index is 2.95. The lowest BCUT2D eigenvalue weighted by Gasteiger charge is -2.31. The fourth-order valence-corrected chi connectivity index (χ4v) is 2.70. The molecule has 0 aromatic heterocycles. The van der Waals surface area contributed by atoms with Crippen LogP contribution in [-0.2, 0) is 0 Å². The van der Waals surface area contributed by atoms with Gasteiger partial charge in [0, 0.05) is 16.9 Å². The number of carbonyl (C=O) groups excluding carboxylic acids is 1. The Labute approximate surface area is 121 Å². The second-order valence-electron chi connectivity index (χ2n) is 4.42. The summed E-state index contributed by atoms with van der Waals surface area (Å²) in [6, 6.07) is 4.22. The Morgan fingerprint density at radius 3 is 2.47 bits per heavy atom. The highest BCUT2D eigenvalue weighted by molar-refractivity contribution is 9.09. The largest absolute Gasteiger partial charge is 0.497 e. The Morgan fingerprint density at radius 2 is 2.05 bits per heavy atom. The Kier molecular flexibility index (Phi) is 5.79. The predicted octanol–water partition coefficient (Wildman–Crippen LogP) is 3.52. The summed E-state index contributed by atoms with van der Waals surface area (Å²) in [4.78, 5) is 12.1. The first-order valence-corrected chi connectivity index (χ1v) is 7.36. The molecule has 19 heavy (non-hydrogen) atoms. The van der Waals surface area contributed by atoms with Crippen molar-refractivity contribution in [2.24, 2.45) is 0 Å². The van der Waals surface area contributed by atoms with E-state index in [-0.39, 0.29) is 11.1 Å². The van der Waals surface area contributed by atoms with E-state index in [1.165, 1.54) is 19.2 Å². The molecule has 0 unspecified atom stereocenters. The first-order valence-electron chi connectivity index (χ1n) is 6.24. The van der Waals surface area contributed by atoms with E-state index in [2.05, 4.69) is 21.2 Å². The quantitative estimate of drug-likeness (QED) is 0.810. The SMILES string of the molecule is CCC(CC)(CBr)NC(=O)c1ccc(OC)cc1F. The van der Waals surface area contributed by atoms with Gasteiger partial charge in [0.1, 0.15) is 11.6 Å². The summed E-state index contributed by atoms with van der Waals surface area (Å²) in [5.41, 5.74) is -0.309. The van der Waals surface area contributed by atoms with Crippen LogP contribution in [0.3, 0.4) is 0 Å². The normalized spacial score (nSPS) is 11.2. The highest BCUT2D eigenvalue weighted by atomic mass is 79.9. The molecule has 0 aliphatic carbocycles. The number of carbonyl (C=O) groups is 1. The van der Waals surface area contributed by atoms with Crippen molar-refractivity contribution in [3.63, 3.8) is 0 Å². The molecule has 1 rings (SSSR count). The number of hydrogen-bond acceptors (Lipinski definition) is 2. The first kappa shape index (κ1) is 16.0. The molecule has 0 bridgehead atoms. The van der Waals surface area contributed by atoms with Gasteiger partial charge in [-0.15, -0.1) is 0 Å². The zero-order valence-electron chi connectivity index (χ0n) is 11.4. The van der Waals surface area contributed by atoms with Crippen LogP contribution in [0.4, 0.5) is 4.39 Å². The minimum atomic E-state index is -0.576. The van der Waals surface area contributed by atoms with Crippen molar-refractivity contribution in [3.8, 4) is 5.75 Å². The van der Waals surface area contributed by atoms with E-state index in [9.17, 15) is 9.18 Å².